The maximum absolute atomic E-state index is 12.4. The van der Waals surface area contributed by atoms with Gasteiger partial charge >= 0.3 is 5.97 Å². The molecule has 1 aliphatic rings. The van der Waals surface area contributed by atoms with E-state index in [0.29, 0.717) is 18.3 Å². The lowest BCUT2D eigenvalue weighted by molar-refractivity contribution is -0.168. The lowest BCUT2D eigenvalue weighted by Gasteiger charge is -2.58. The van der Waals surface area contributed by atoms with Crippen LogP contribution in [0.4, 0.5) is 0 Å². The smallest absolute Gasteiger partial charge is 0.306 e. The van der Waals surface area contributed by atoms with E-state index in [-0.39, 0.29) is 23.2 Å². The molecule has 1 aliphatic heterocycles. The summed E-state index contributed by atoms with van der Waals surface area (Å²) in [6.07, 6.45) is 8.06. The van der Waals surface area contributed by atoms with Crippen molar-refractivity contribution >= 4 is 5.97 Å². The molecular formula is C21H41NO2. The number of unbranched alkanes of at least 4 members (excludes halogenated alkanes) is 2. The van der Waals surface area contributed by atoms with Crippen LogP contribution in [0.1, 0.15) is 99.8 Å². The second-order valence-corrected chi connectivity index (χ2v) is 7.84. The van der Waals surface area contributed by atoms with E-state index in [1.165, 1.54) is 0 Å². The zero-order valence-electron chi connectivity index (χ0n) is 17.2. The van der Waals surface area contributed by atoms with Crippen LogP contribution < -0.4 is 5.32 Å². The molecule has 1 saturated heterocycles. The van der Waals surface area contributed by atoms with Crippen LogP contribution in [0.5, 0.6) is 0 Å². The minimum Gasteiger partial charge on any atom is -0.462 e. The summed E-state index contributed by atoms with van der Waals surface area (Å²) in [5, 5.41) is 4.04. The Balaban J connectivity index is 3.03. The number of nitrogens with one attached hydrogen (secondary N) is 1. The molecule has 0 bridgehead atoms. The summed E-state index contributed by atoms with van der Waals surface area (Å²) in [4.78, 5) is 12.4. The Morgan fingerprint density at radius 2 is 1.33 bits per heavy atom. The Bertz CT molecular complexity index is 361. The summed E-state index contributed by atoms with van der Waals surface area (Å²) in [5.41, 5.74) is 0.125. The molecule has 0 aromatic carbocycles. The SMILES string of the molecule is CCCCCC(=O)OC1C(C)C(CC)(CC)NC(CC)(CC)C1C. The van der Waals surface area contributed by atoms with Crippen LogP contribution in [0.15, 0.2) is 0 Å². The van der Waals surface area contributed by atoms with Crippen molar-refractivity contribution in [1.82, 2.24) is 5.32 Å². The highest BCUT2D eigenvalue weighted by Crippen LogP contribution is 2.45. The third-order valence-corrected chi connectivity index (χ3v) is 7.00. The first-order valence-electron chi connectivity index (χ1n) is 10.3. The molecule has 2 unspecified atom stereocenters. The van der Waals surface area contributed by atoms with Crippen LogP contribution in [-0.4, -0.2) is 23.2 Å². The second-order valence-electron chi connectivity index (χ2n) is 7.84. The third-order valence-electron chi connectivity index (χ3n) is 7.00. The first-order chi connectivity index (χ1) is 11.4. The Kier molecular flexibility index (Phi) is 8.25. The highest BCUT2D eigenvalue weighted by molar-refractivity contribution is 5.69. The van der Waals surface area contributed by atoms with Gasteiger partial charge in [0.05, 0.1) is 0 Å². The molecule has 0 aromatic rings. The van der Waals surface area contributed by atoms with Gasteiger partial charge in [0.15, 0.2) is 0 Å². The van der Waals surface area contributed by atoms with Gasteiger partial charge in [0.2, 0.25) is 0 Å². The largest absolute Gasteiger partial charge is 0.462 e. The average Bonchev–Trinajstić information content (AvgIpc) is 2.60. The maximum atomic E-state index is 12.4. The first-order valence-corrected chi connectivity index (χ1v) is 10.3. The Hall–Kier alpha value is -0.570. The number of carbonyl (C=O) groups excluding carboxylic acids is 1. The van der Waals surface area contributed by atoms with E-state index < -0.39 is 0 Å². The molecule has 3 nitrogen and oxygen atoms in total. The van der Waals surface area contributed by atoms with E-state index in [1.54, 1.807) is 0 Å². The van der Waals surface area contributed by atoms with Gasteiger partial charge < -0.3 is 10.1 Å². The van der Waals surface area contributed by atoms with Gasteiger partial charge in [-0.15, -0.1) is 0 Å². The fraction of sp³-hybridized carbons (Fsp3) is 0.952. The molecule has 1 rings (SSSR count). The normalized spacial score (nSPS) is 28.5. The van der Waals surface area contributed by atoms with E-state index in [1.807, 2.05) is 0 Å². The molecule has 1 fully saturated rings. The highest BCUT2D eigenvalue weighted by atomic mass is 16.5. The summed E-state index contributed by atoms with van der Waals surface area (Å²) < 4.78 is 6.10. The predicted octanol–water partition coefficient (Wildman–Crippen LogP) is 5.47. The minimum absolute atomic E-state index is 0.00346. The molecule has 0 amide bonds. The van der Waals surface area contributed by atoms with Crippen LogP contribution in [0.3, 0.4) is 0 Å². The molecular weight excluding hydrogens is 298 g/mol. The Morgan fingerprint density at radius 1 is 0.875 bits per heavy atom. The lowest BCUT2D eigenvalue weighted by atomic mass is 9.62. The predicted molar refractivity (Wildman–Crippen MR) is 102 cm³/mol. The number of carbonyl (C=O) groups is 1. The van der Waals surface area contributed by atoms with Crippen molar-refractivity contribution in [2.75, 3.05) is 0 Å². The van der Waals surface area contributed by atoms with Crippen molar-refractivity contribution in [2.45, 2.75) is 117 Å². The van der Waals surface area contributed by atoms with E-state index in [9.17, 15) is 4.79 Å². The molecule has 0 aromatic heterocycles. The van der Waals surface area contributed by atoms with Gasteiger partial charge in [-0.3, -0.25) is 4.79 Å². The highest BCUT2D eigenvalue weighted by Gasteiger charge is 2.54. The third kappa shape index (κ3) is 4.15. The molecule has 1 heterocycles. The van der Waals surface area contributed by atoms with Gasteiger partial charge in [0.25, 0.3) is 0 Å². The van der Waals surface area contributed by atoms with Crippen LogP contribution in [0.25, 0.3) is 0 Å². The molecule has 1 N–H and O–H groups in total. The zero-order chi connectivity index (χ0) is 18.4. The van der Waals surface area contributed by atoms with Crippen molar-refractivity contribution in [1.29, 1.82) is 0 Å². The van der Waals surface area contributed by atoms with Crippen molar-refractivity contribution in [3.63, 3.8) is 0 Å². The van der Waals surface area contributed by atoms with Crippen LogP contribution in [0, 0.1) is 11.8 Å². The molecule has 142 valence electrons. The van der Waals surface area contributed by atoms with Gasteiger partial charge in [-0.1, -0.05) is 61.3 Å². The van der Waals surface area contributed by atoms with Crippen molar-refractivity contribution in [3.05, 3.63) is 0 Å². The van der Waals surface area contributed by atoms with Crippen LogP contribution in [0.2, 0.25) is 0 Å². The zero-order valence-corrected chi connectivity index (χ0v) is 17.2. The van der Waals surface area contributed by atoms with Gasteiger partial charge in [-0.05, 0) is 32.1 Å². The monoisotopic (exact) mass is 339 g/mol. The molecule has 0 aliphatic carbocycles. The van der Waals surface area contributed by atoms with Crippen LogP contribution in [-0.2, 0) is 9.53 Å². The number of ether oxygens (including phenoxy) is 1. The molecule has 0 spiro atoms. The summed E-state index contributed by atoms with van der Waals surface area (Å²) in [6.45, 7) is 15.8. The number of piperidine rings is 1. The van der Waals surface area contributed by atoms with E-state index in [0.717, 1.165) is 44.9 Å². The fourth-order valence-electron chi connectivity index (χ4n) is 4.86. The van der Waals surface area contributed by atoms with Gasteiger partial charge in [-0.2, -0.15) is 0 Å². The minimum atomic E-state index is -0.00346. The molecule has 0 radical (unpaired) electrons. The van der Waals surface area contributed by atoms with Crippen molar-refractivity contribution < 1.29 is 9.53 Å². The van der Waals surface area contributed by atoms with Crippen molar-refractivity contribution in [2.24, 2.45) is 11.8 Å². The summed E-state index contributed by atoms with van der Waals surface area (Å²) in [7, 11) is 0. The Labute approximate surface area is 150 Å². The van der Waals surface area contributed by atoms with E-state index in [2.05, 4.69) is 53.8 Å². The fourth-order valence-corrected chi connectivity index (χ4v) is 4.86. The lowest BCUT2D eigenvalue weighted by Crippen LogP contribution is -2.72. The second kappa shape index (κ2) is 9.22. The van der Waals surface area contributed by atoms with Gasteiger partial charge in [0.1, 0.15) is 6.10 Å². The summed E-state index contributed by atoms with van der Waals surface area (Å²) in [6, 6.07) is 0. The number of esters is 1. The molecule has 24 heavy (non-hydrogen) atoms. The molecule has 3 heteroatoms. The van der Waals surface area contributed by atoms with Crippen LogP contribution >= 0.6 is 0 Å². The van der Waals surface area contributed by atoms with Crippen molar-refractivity contribution in [3.8, 4) is 0 Å². The summed E-state index contributed by atoms with van der Waals surface area (Å²) >= 11 is 0. The van der Waals surface area contributed by atoms with E-state index in [4.69, 9.17) is 4.74 Å². The Morgan fingerprint density at radius 3 is 1.71 bits per heavy atom. The summed E-state index contributed by atoms with van der Waals surface area (Å²) in [5.74, 6) is 0.670. The van der Waals surface area contributed by atoms with Gasteiger partial charge in [0, 0.05) is 29.3 Å². The molecule has 0 saturated carbocycles. The topological polar surface area (TPSA) is 38.3 Å². The van der Waals surface area contributed by atoms with E-state index >= 15 is 0 Å². The number of hydrogen-bond acceptors (Lipinski definition) is 3. The standard InChI is InChI=1S/C21H41NO2/c1-8-13-14-15-18(23)24-19-16(6)20(9-2,10-3)22-21(11-4,12-5)17(19)7/h16-17,19,22H,8-15H2,1-7H3. The van der Waals surface area contributed by atoms with Gasteiger partial charge in [-0.25, -0.2) is 0 Å². The maximum Gasteiger partial charge on any atom is 0.306 e. The molecule has 2 atom stereocenters. The average molecular weight is 340 g/mol. The number of hydrogen-bond donors (Lipinski definition) is 1. The number of rotatable bonds is 9. The quantitative estimate of drug-likeness (QED) is 0.447. The first kappa shape index (κ1) is 21.5.